The quantitative estimate of drug-likeness (QED) is 0.352. The van der Waals surface area contributed by atoms with Crippen LogP contribution in [-0.2, 0) is 13.1 Å². The Bertz CT molecular complexity index is 1380. The fourth-order valence-electron chi connectivity index (χ4n) is 4.77. The number of Topliss-reactive ketones (excluding diaryl/α,β-unsaturated/α-hetero) is 1. The molecule has 37 heavy (non-hydrogen) atoms. The van der Waals surface area contributed by atoms with Gasteiger partial charge in [0.05, 0.1) is 12.8 Å². The van der Waals surface area contributed by atoms with E-state index in [-0.39, 0.29) is 17.4 Å². The Labute approximate surface area is 218 Å². The van der Waals surface area contributed by atoms with Crippen molar-refractivity contribution in [2.24, 2.45) is 0 Å². The smallest absolute Gasteiger partial charge is 0.183 e. The van der Waals surface area contributed by atoms with Gasteiger partial charge >= 0.3 is 0 Å². The average Bonchev–Trinajstić information content (AvgIpc) is 3.26. The van der Waals surface area contributed by atoms with Crippen LogP contribution >= 0.6 is 0 Å². The lowest BCUT2D eigenvalue weighted by molar-refractivity contribution is 0.0966. The first-order valence-electron chi connectivity index (χ1n) is 12.7. The third-order valence-corrected chi connectivity index (χ3v) is 6.81. The van der Waals surface area contributed by atoms with E-state index in [1.807, 2.05) is 28.8 Å². The Kier molecular flexibility index (Phi) is 6.96. The summed E-state index contributed by atoms with van der Waals surface area (Å²) in [5, 5.41) is 7.14. The second kappa shape index (κ2) is 10.3. The molecule has 0 amide bonds. The zero-order valence-corrected chi connectivity index (χ0v) is 21.9. The van der Waals surface area contributed by atoms with Crippen molar-refractivity contribution < 1.29 is 9.53 Å². The van der Waals surface area contributed by atoms with Gasteiger partial charge in [-0.25, -0.2) is 4.98 Å². The first-order valence-corrected chi connectivity index (χ1v) is 12.7. The summed E-state index contributed by atoms with van der Waals surface area (Å²) in [6.45, 7) is 7.88. The second-order valence-corrected chi connectivity index (χ2v) is 10.6. The minimum absolute atomic E-state index is 0.0516. The number of carbonyl (C=O) groups is 1. The number of nitrogens with one attached hydrogen (secondary N) is 2. The van der Waals surface area contributed by atoms with Gasteiger partial charge in [-0.3, -0.25) is 9.36 Å². The van der Waals surface area contributed by atoms with Gasteiger partial charge in [0.25, 0.3) is 0 Å². The molecule has 0 radical (unpaired) electrons. The molecule has 6 nitrogen and oxygen atoms in total. The number of fused-ring (bicyclic) bond motifs is 1. The number of aromatic nitrogens is 2. The van der Waals surface area contributed by atoms with Crippen molar-refractivity contribution >= 4 is 5.78 Å². The molecule has 0 spiro atoms. The predicted octanol–water partition coefficient (Wildman–Crippen LogP) is 5.85. The van der Waals surface area contributed by atoms with Crippen LogP contribution in [0.25, 0.3) is 16.8 Å². The molecular weight excluding hydrogens is 460 g/mol. The number of ether oxygens (including phenoxy) is 1. The Morgan fingerprint density at radius 1 is 1.03 bits per heavy atom. The highest BCUT2D eigenvalue weighted by molar-refractivity contribution is 5.97. The van der Waals surface area contributed by atoms with Crippen LogP contribution in [0, 0.1) is 0 Å². The lowest BCUT2D eigenvalue weighted by Gasteiger charge is -2.22. The Morgan fingerprint density at radius 2 is 1.76 bits per heavy atom. The summed E-state index contributed by atoms with van der Waals surface area (Å²) in [7, 11) is 1.64. The molecule has 1 aliphatic heterocycles. The van der Waals surface area contributed by atoms with Crippen LogP contribution in [0.1, 0.15) is 60.5 Å². The molecule has 0 fully saturated rings. The number of hydrogen-bond acceptors (Lipinski definition) is 5. The summed E-state index contributed by atoms with van der Waals surface area (Å²) in [4.78, 5) is 18.0. The fraction of sp³-hybridized carbons (Fsp3) is 0.290. The number of methoxy groups -OCH3 is 1. The molecule has 5 rings (SSSR count). The van der Waals surface area contributed by atoms with Crippen molar-refractivity contribution in [1.82, 2.24) is 20.2 Å². The SMILES string of the molecule is COc1ccc(-n2cnc3c2C(=O)CC(c2ccc(-c4ccccc4CNC(C)(C)C)cc2)NC3)cc1. The largest absolute Gasteiger partial charge is 0.497 e. The van der Waals surface area contributed by atoms with Gasteiger partial charge in [0, 0.05) is 36.8 Å². The lowest BCUT2D eigenvalue weighted by Crippen LogP contribution is -2.35. The Hall–Kier alpha value is -3.74. The van der Waals surface area contributed by atoms with Crippen LogP contribution in [0.5, 0.6) is 5.75 Å². The summed E-state index contributed by atoms with van der Waals surface area (Å²) < 4.78 is 7.15. The van der Waals surface area contributed by atoms with Gasteiger partial charge in [0.1, 0.15) is 17.8 Å². The maximum atomic E-state index is 13.4. The number of hydrogen-bond donors (Lipinski definition) is 2. The van der Waals surface area contributed by atoms with Crippen molar-refractivity contribution in [1.29, 1.82) is 0 Å². The number of imidazole rings is 1. The lowest BCUT2D eigenvalue weighted by atomic mass is 9.95. The number of benzene rings is 3. The zero-order valence-electron chi connectivity index (χ0n) is 21.9. The van der Waals surface area contributed by atoms with E-state index in [0.29, 0.717) is 18.7 Å². The number of nitrogens with zero attached hydrogens (tertiary/aromatic N) is 2. The van der Waals surface area contributed by atoms with Gasteiger partial charge in [-0.15, -0.1) is 0 Å². The van der Waals surface area contributed by atoms with Crippen LogP contribution in [0.3, 0.4) is 0 Å². The van der Waals surface area contributed by atoms with E-state index in [1.165, 1.54) is 16.7 Å². The molecule has 1 atom stereocenters. The molecule has 6 heteroatoms. The molecule has 2 N–H and O–H groups in total. The first-order chi connectivity index (χ1) is 17.8. The Balaban J connectivity index is 1.35. The fourth-order valence-corrected chi connectivity index (χ4v) is 4.77. The maximum absolute atomic E-state index is 13.4. The molecule has 1 aromatic heterocycles. The molecule has 2 heterocycles. The predicted molar refractivity (Wildman–Crippen MR) is 147 cm³/mol. The highest BCUT2D eigenvalue weighted by Gasteiger charge is 2.27. The number of carbonyl (C=O) groups excluding carboxylic acids is 1. The topological polar surface area (TPSA) is 68.2 Å². The molecule has 1 unspecified atom stereocenters. The van der Waals surface area contributed by atoms with Crippen LogP contribution < -0.4 is 15.4 Å². The minimum atomic E-state index is -0.0714. The minimum Gasteiger partial charge on any atom is -0.497 e. The van der Waals surface area contributed by atoms with Crippen molar-refractivity contribution in [3.05, 3.63) is 102 Å². The normalized spacial score (nSPS) is 15.8. The van der Waals surface area contributed by atoms with Gasteiger partial charge in [0.2, 0.25) is 0 Å². The van der Waals surface area contributed by atoms with E-state index in [2.05, 4.69) is 84.9 Å². The van der Waals surface area contributed by atoms with Gasteiger partial charge in [-0.05, 0) is 67.3 Å². The van der Waals surface area contributed by atoms with Gasteiger partial charge < -0.3 is 15.4 Å². The van der Waals surface area contributed by atoms with E-state index in [9.17, 15) is 4.79 Å². The van der Waals surface area contributed by atoms with E-state index < -0.39 is 0 Å². The van der Waals surface area contributed by atoms with Crippen molar-refractivity contribution in [3.8, 4) is 22.6 Å². The Morgan fingerprint density at radius 3 is 2.46 bits per heavy atom. The van der Waals surface area contributed by atoms with Crippen LogP contribution in [-0.4, -0.2) is 28.0 Å². The van der Waals surface area contributed by atoms with Crippen LogP contribution in [0.4, 0.5) is 0 Å². The highest BCUT2D eigenvalue weighted by atomic mass is 16.5. The molecule has 0 bridgehead atoms. The molecule has 1 aliphatic rings. The van der Waals surface area contributed by atoms with Gasteiger partial charge in [0.15, 0.2) is 5.78 Å². The van der Waals surface area contributed by atoms with Gasteiger partial charge in [-0.2, -0.15) is 0 Å². The summed E-state index contributed by atoms with van der Waals surface area (Å²) in [5.41, 5.74) is 7.14. The zero-order chi connectivity index (χ0) is 26.0. The first kappa shape index (κ1) is 24.9. The van der Waals surface area contributed by atoms with E-state index in [0.717, 1.165) is 29.2 Å². The van der Waals surface area contributed by atoms with Crippen molar-refractivity contribution in [2.45, 2.75) is 51.9 Å². The number of rotatable bonds is 6. The standard InChI is InChI=1S/C31H34N4O2/c1-31(2,3)34-18-23-7-5-6-8-26(23)21-9-11-22(12-10-21)27-17-29(36)30-28(19-32-27)33-20-35(30)24-13-15-25(37-4)16-14-24/h5-16,20,27,32,34H,17-19H2,1-4H3. The highest BCUT2D eigenvalue weighted by Crippen LogP contribution is 2.30. The monoisotopic (exact) mass is 494 g/mol. The average molecular weight is 495 g/mol. The molecule has 3 aromatic carbocycles. The van der Waals surface area contributed by atoms with Crippen LogP contribution in [0.15, 0.2) is 79.1 Å². The molecule has 0 saturated heterocycles. The van der Waals surface area contributed by atoms with Crippen LogP contribution in [0.2, 0.25) is 0 Å². The third-order valence-electron chi connectivity index (χ3n) is 6.81. The summed E-state index contributed by atoms with van der Waals surface area (Å²) >= 11 is 0. The molecular formula is C31H34N4O2. The van der Waals surface area contributed by atoms with Crippen molar-refractivity contribution in [2.75, 3.05) is 7.11 Å². The summed E-state index contributed by atoms with van der Waals surface area (Å²) in [6, 6.07) is 24.7. The molecule has 0 saturated carbocycles. The third kappa shape index (κ3) is 5.50. The van der Waals surface area contributed by atoms with E-state index in [4.69, 9.17) is 4.74 Å². The molecule has 4 aromatic rings. The number of ketones is 1. The van der Waals surface area contributed by atoms with Crippen molar-refractivity contribution in [3.63, 3.8) is 0 Å². The summed E-state index contributed by atoms with van der Waals surface area (Å²) in [5.74, 6) is 0.862. The van der Waals surface area contributed by atoms with Gasteiger partial charge in [-0.1, -0.05) is 48.5 Å². The van der Waals surface area contributed by atoms with E-state index >= 15 is 0 Å². The molecule has 190 valence electrons. The van der Waals surface area contributed by atoms with E-state index in [1.54, 1.807) is 13.4 Å². The molecule has 0 aliphatic carbocycles. The summed E-state index contributed by atoms with van der Waals surface area (Å²) in [6.07, 6.45) is 2.10. The maximum Gasteiger partial charge on any atom is 0.183 e. The second-order valence-electron chi connectivity index (χ2n) is 10.6.